The second-order valence-electron chi connectivity index (χ2n) is 7.79. The van der Waals surface area contributed by atoms with E-state index in [9.17, 15) is 9.59 Å². The number of benzene rings is 1. The average Bonchev–Trinajstić information content (AvgIpc) is 3.34. The zero-order chi connectivity index (χ0) is 21.6. The highest BCUT2D eigenvalue weighted by Gasteiger charge is 2.35. The van der Waals surface area contributed by atoms with Crippen molar-refractivity contribution in [2.75, 3.05) is 13.2 Å². The molecule has 2 amide bonds. The second-order valence-corrected chi connectivity index (χ2v) is 7.79. The normalized spacial score (nSPS) is 13.1. The molecule has 2 aromatic heterocycles. The first-order valence-electron chi connectivity index (χ1n) is 10.5. The van der Waals surface area contributed by atoms with Crippen molar-refractivity contribution in [2.24, 2.45) is 7.05 Å². The van der Waals surface area contributed by atoms with Crippen molar-refractivity contribution in [1.82, 2.24) is 14.4 Å². The van der Waals surface area contributed by atoms with Crippen molar-refractivity contribution in [3.05, 3.63) is 78.5 Å². The molecule has 0 N–H and O–H groups in total. The highest BCUT2D eigenvalue weighted by molar-refractivity contribution is 5.86. The van der Waals surface area contributed by atoms with Crippen LogP contribution in [0.15, 0.2) is 71.5 Å². The number of hydrogen-bond donors (Lipinski definition) is 0. The third-order valence-corrected chi connectivity index (χ3v) is 5.40. The van der Waals surface area contributed by atoms with Crippen molar-refractivity contribution in [2.45, 2.75) is 32.0 Å². The third kappa shape index (κ3) is 5.57. The van der Waals surface area contributed by atoms with Gasteiger partial charge in [-0.3, -0.25) is 9.59 Å². The van der Waals surface area contributed by atoms with Crippen LogP contribution in [0.2, 0.25) is 0 Å². The van der Waals surface area contributed by atoms with Gasteiger partial charge in [-0.1, -0.05) is 18.2 Å². The fourth-order valence-electron chi connectivity index (χ4n) is 3.48. The summed E-state index contributed by atoms with van der Waals surface area (Å²) in [4.78, 5) is 29.5. The lowest BCUT2D eigenvalue weighted by Crippen LogP contribution is -2.45. The lowest BCUT2D eigenvalue weighted by atomic mass is 10.3. The first-order chi connectivity index (χ1) is 15.1. The van der Waals surface area contributed by atoms with Gasteiger partial charge < -0.3 is 23.5 Å². The Labute approximate surface area is 181 Å². The summed E-state index contributed by atoms with van der Waals surface area (Å²) in [5.74, 6) is 1.06. The zero-order valence-corrected chi connectivity index (χ0v) is 17.6. The van der Waals surface area contributed by atoms with E-state index in [-0.39, 0.29) is 31.0 Å². The Hall–Kier alpha value is -3.48. The maximum absolute atomic E-state index is 13.3. The number of furan rings is 1. The van der Waals surface area contributed by atoms with Crippen molar-refractivity contribution < 1.29 is 18.7 Å². The molecule has 7 heteroatoms. The summed E-state index contributed by atoms with van der Waals surface area (Å²) >= 11 is 0. The number of carbonyl (C=O) groups excluding carboxylic acids is 2. The lowest BCUT2D eigenvalue weighted by Gasteiger charge is -2.27. The minimum absolute atomic E-state index is 0.0345. The zero-order valence-electron chi connectivity index (χ0n) is 17.6. The molecule has 1 aliphatic carbocycles. The van der Waals surface area contributed by atoms with Gasteiger partial charge in [-0.15, -0.1) is 0 Å². The van der Waals surface area contributed by atoms with Crippen LogP contribution in [0.25, 0.3) is 0 Å². The number of aryl methyl sites for hydroxylation is 1. The van der Waals surface area contributed by atoms with E-state index < -0.39 is 0 Å². The number of carbonyl (C=O) groups is 2. The fraction of sp³-hybridized carbons (Fsp3) is 0.333. The molecule has 0 bridgehead atoms. The molecule has 0 spiro atoms. The Morgan fingerprint density at radius 1 is 1.03 bits per heavy atom. The highest BCUT2D eigenvalue weighted by atomic mass is 16.5. The monoisotopic (exact) mass is 421 g/mol. The van der Waals surface area contributed by atoms with Gasteiger partial charge in [0.1, 0.15) is 18.1 Å². The number of ether oxygens (including phenoxy) is 1. The van der Waals surface area contributed by atoms with E-state index in [4.69, 9.17) is 9.15 Å². The van der Waals surface area contributed by atoms with E-state index in [2.05, 4.69) is 0 Å². The molecular weight excluding hydrogens is 394 g/mol. The summed E-state index contributed by atoms with van der Waals surface area (Å²) in [6.45, 7) is 0.747. The Morgan fingerprint density at radius 2 is 1.84 bits per heavy atom. The maximum atomic E-state index is 13.3. The summed E-state index contributed by atoms with van der Waals surface area (Å²) < 4.78 is 13.1. The summed E-state index contributed by atoms with van der Waals surface area (Å²) in [6.07, 6.45) is 5.38. The molecule has 162 valence electrons. The first kappa shape index (κ1) is 20.8. The Morgan fingerprint density at radius 3 is 2.48 bits per heavy atom. The molecule has 7 nitrogen and oxygen atoms in total. The lowest BCUT2D eigenvalue weighted by molar-refractivity contribution is -0.143. The molecular formula is C24H27N3O4. The number of hydrogen-bond acceptors (Lipinski definition) is 4. The van der Waals surface area contributed by atoms with Crippen LogP contribution in [0.1, 0.15) is 24.3 Å². The summed E-state index contributed by atoms with van der Waals surface area (Å²) in [6, 6.07) is 16.9. The number of nitrogens with zero attached hydrogens (tertiary/aromatic N) is 3. The molecule has 2 heterocycles. The topological polar surface area (TPSA) is 67.9 Å². The van der Waals surface area contributed by atoms with E-state index in [1.54, 1.807) is 22.1 Å². The van der Waals surface area contributed by atoms with Gasteiger partial charge in [0.15, 0.2) is 6.61 Å². The number of amides is 2. The first-order valence-corrected chi connectivity index (χ1v) is 10.5. The van der Waals surface area contributed by atoms with Crippen molar-refractivity contribution in [1.29, 1.82) is 0 Å². The van der Waals surface area contributed by atoms with Gasteiger partial charge >= 0.3 is 0 Å². The minimum atomic E-state index is -0.170. The fourth-order valence-corrected chi connectivity index (χ4v) is 3.48. The van der Waals surface area contributed by atoms with Crippen LogP contribution < -0.4 is 4.74 Å². The Kier molecular flexibility index (Phi) is 6.40. The molecule has 1 fully saturated rings. The molecule has 0 atom stereocenters. The van der Waals surface area contributed by atoms with Crippen LogP contribution in [0.5, 0.6) is 5.75 Å². The largest absolute Gasteiger partial charge is 0.484 e. The molecule has 1 aliphatic rings. The van der Waals surface area contributed by atoms with Gasteiger partial charge in [0.05, 0.1) is 19.4 Å². The van der Waals surface area contributed by atoms with E-state index in [0.29, 0.717) is 24.6 Å². The smallest absolute Gasteiger partial charge is 0.261 e. The molecule has 0 radical (unpaired) electrons. The molecule has 0 aliphatic heterocycles. The molecule has 31 heavy (non-hydrogen) atoms. The standard InChI is InChI=1S/C24H27N3O4/c1-25-13-5-7-20(25)15-26(16-22-10-6-14-30-22)23(28)17-27(19-11-12-19)24(29)18-31-21-8-3-2-4-9-21/h2-10,13-14,19H,11-12,15-18H2,1H3. The van der Waals surface area contributed by atoms with E-state index in [0.717, 1.165) is 18.5 Å². The Balaban J connectivity index is 1.43. The molecule has 1 aromatic carbocycles. The van der Waals surface area contributed by atoms with Crippen molar-refractivity contribution in [3.63, 3.8) is 0 Å². The van der Waals surface area contributed by atoms with Crippen LogP contribution in [0.4, 0.5) is 0 Å². The predicted molar refractivity (Wildman–Crippen MR) is 115 cm³/mol. The van der Waals surface area contributed by atoms with Gasteiger partial charge in [-0.25, -0.2) is 0 Å². The molecule has 3 aromatic rings. The van der Waals surface area contributed by atoms with Gasteiger partial charge in [0.2, 0.25) is 5.91 Å². The van der Waals surface area contributed by atoms with Crippen LogP contribution in [-0.2, 0) is 29.7 Å². The van der Waals surface area contributed by atoms with Crippen molar-refractivity contribution >= 4 is 11.8 Å². The van der Waals surface area contributed by atoms with E-state index >= 15 is 0 Å². The summed E-state index contributed by atoms with van der Waals surface area (Å²) in [5.41, 5.74) is 1.01. The molecule has 0 saturated heterocycles. The van der Waals surface area contributed by atoms with Crippen LogP contribution in [0, 0.1) is 0 Å². The van der Waals surface area contributed by atoms with Gasteiger partial charge in [-0.2, -0.15) is 0 Å². The molecule has 0 unspecified atom stereocenters. The summed E-state index contributed by atoms with van der Waals surface area (Å²) in [5, 5.41) is 0. The number of aromatic nitrogens is 1. The molecule has 1 saturated carbocycles. The van der Waals surface area contributed by atoms with Gasteiger partial charge in [-0.05, 0) is 49.2 Å². The number of para-hydroxylation sites is 1. The molecule has 4 rings (SSSR count). The minimum Gasteiger partial charge on any atom is -0.484 e. The van der Waals surface area contributed by atoms with Crippen LogP contribution >= 0.6 is 0 Å². The SMILES string of the molecule is Cn1cccc1CN(Cc1ccco1)C(=O)CN(C(=O)COc1ccccc1)C1CC1. The van der Waals surface area contributed by atoms with Gasteiger partial charge in [0, 0.05) is 25.0 Å². The van der Waals surface area contributed by atoms with Crippen LogP contribution in [0.3, 0.4) is 0 Å². The maximum Gasteiger partial charge on any atom is 0.261 e. The average molecular weight is 421 g/mol. The highest BCUT2D eigenvalue weighted by Crippen LogP contribution is 2.27. The van der Waals surface area contributed by atoms with Crippen molar-refractivity contribution in [3.8, 4) is 5.75 Å². The van der Waals surface area contributed by atoms with E-state index in [1.165, 1.54) is 0 Å². The predicted octanol–water partition coefficient (Wildman–Crippen LogP) is 3.22. The second kappa shape index (κ2) is 9.55. The number of rotatable bonds is 10. The Bertz CT molecular complexity index is 993. The van der Waals surface area contributed by atoms with Crippen LogP contribution in [-0.4, -0.2) is 45.4 Å². The van der Waals surface area contributed by atoms with E-state index in [1.807, 2.05) is 66.3 Å². The third-order valence-electron chi connectivity index (χ3n) is 5.40. The van der Waals surface area contributed by atoms with Gasteiger partial charge in [0.25, 0.3) is 5.91 Å². The summed E-state index contributed by atoms with van der Waals surface area (Å²) in [7, 11) is 1.95. The quantitative estimate of drug-likeness (QED) is 0.504.